The second-order valence-corrected chi connectivity index (χ2v) is 8.33. The molecular weight excluding hydrogens is 422 g/mol. The summed E-state index contributed by atoms with van der Waals surface area (Å²) in [7, 11) is 0. The van der Waals surface area contributed by atoms with E-state index in [4.69, 9.17) is 16.3 Å². The molecule has 3 heterocycles. The maximum absolute atomic E-state index is 12.5. The first-order valence-corrected chi connectivity index (χ1v) is 11.1. The molecule has 30 heavy (non-hydrogen) atoms. The number of halogens is 1. The maximum Gasteiger partial charge on any atom is 0.415 e. The molecule has 1 fully saturated rings. The van der Waals surface area contributed by atoms with Crippen LogP contribution in [-0.2, 0) is 6.42 Å². The van der Waals surface area contributed by atoms with Crippen LogP contribution >= 0.6 is 23.4 Å². The summed E-state index contributed by atoms with van der Waals surface area (Å²) in [6.07, 6.45) is 5.80. The molecule has 1 saturated heterocycles. The third-order valence-electron chi connectivity index (χ3n) is 4.80. The summed E-state index contributed by atoms with van der Waals surface area (Å²) in [5.41, 5.74) is 1.19. The molecule has 2 aromatic heterocycles. The van der Waals surface area contributed by atoms with Gasteiger partial charge in [0.15, 0.2) is 5.16 Å². The van der Waals surface area contributed by atoms with Crippen LogP contribution in [0, 0.1) is 0 Å². The van der Waals surface area contributed by atoms with Gasteiger partial charge in [-0.15, -0.1) is 0 Å². The van der Waals surface area contributed by atoms with Gasteiger partial charge in [-0.3, -0.25) is 0 Å². The van der Waals surface area contributed by atoms with Crippen molar-refractivity contribution in [2.45, 2.75) is 11.6 Å². The first-order valence-electron chi connectivity index (χ1n) is 9.72. The summed E-state index contributed by atoms with van der Waals surface area (Å²) in [5.74, 6) is 2.36. The maximum atomic E-state index is 12.5. The van der Waals surface area contributed by atoms with E-state index in [1.54, 1.807) is 29.1 Å². The Bertz CT molecular complexity index is 943. The van der Waals surface area contributed by atoms with E-state index in [-0.39, 0.29) is 6.09 Å². The zero-order chi connectivity index (χ0) is 20.8. The number of rotatable bonds is 6. The molecule has 3 aromatic rings. The van der Waals surface area contributed by atoms with Crippen molar-refractivity contribution < 1.29 is 9.53 Å². The number of amides is 1. The van der Waals surface area contributed by atoms with Gasteiger partial charge in [-0.2, -0.15) is 0 Å². The first kappa shape index (κ1) is 20.6. The van der Waals surface area contributed by atoms with E-state index in [1.165, 1.54) is 5.56 Å². The summed E-state index contributed by atoms with van der Waals surface area (Å²) in [6, 6.07) is 11.4. The average Bonchev–Trinajstić information content (AvgIpc) is 3.29. The average molecular weight is 444 g/mol. The summed E-state index contributed by atoms with van der Waals surface area (Å²) < 4.78 is 5.54. The van der Waals surface area contributed by atoms with Gasteiger partial charge >= 0.3 is 6.09 Å². The number of aromatic amines is 1. The molecule has 9 heteroatoms. The molecule has 1 aromatic carbocycles. The third kappa shape index (κ3) is 5.46. The van der Waals surface area contributed by atoms with Gasteiger partial charge in [-0.25, -0.2) is 14.8 Å². The van der Waals surface area contributed by atoms with E-state index in [9.17, 15) is 4.79 Å². The Balaban J connectivity index is 1.22. The van der Waals surface area contributed by atoms with Crippen molar-refractivity contribution >= 4 is 35.3 Å². The van der Waals surface area contributed by atoms with Crippen LogP contribution in [0.4, 0.5) is 10.6 Å². The number of carbonyl (C=O) groups excluding carboxylic acids is 1. The fourth-order valence-electron chi connectivity index (χ4n) is 3.16. The Morgan fingerprint density at radius 1 is 1.10 bits per heavy atom. The molecule has 0 saturated carbocycles. The Labute approximate surface area is 184 Å². The number of hydrogen-bond acceptors (Lipinski definition) is 6. The summed E-state index contributed by atoms with van der Waals surface area (Å²) in [4.78, 5) is 27.9. The molecule has 0 radical (unpaired) electrons. The number of nitrogens with one attached hydrogen (secondary N) is 1. The molecule has 1 aliphatic rings. The quantitative estimate of drug-likeness (QED) is 0.578. The minimum atomic E-state index is -0.320. The smallest absolute Gasteiger partial charge is 0.410 e. The van der Waals surface area contributed by atoms with E-state index < -0.39 is 0 Å². The highest BCUT2D eigenvalue weighted by molar-refractivity contribution is 7.99. The molecule has 156 valence electrons. The lowest BCUT2D eigenvalue weighted by molar-refractivity contribution is 0.149. The lowest BCUT2D eigenvalue weighted by Gasteiger charge is -2.34. The van der Waals surface area contributed by atoms with E-state index in [1.807, 2.05) is 42.6 Å². The van der Waals surface area contributed by atoms with Gasteiger partial charge in [0.25, 0.3) is 0 Å². The predicted molar refractivity (Wildman–Crippen MR) is 119 cm³/mol. The van der Waals surface area contributed by atoms with Crippen LogP contribution in [0.15, 0.2) is 60.1 Å². The van der Waals surface area contributed by atoms with Crippen molar-refractivity contribution in [3.63, 3.8) is 0 Å². The summed E-state index contributed by atoms with van der Waals surface area (Å²) in [5, 5.41) is 1.54. The summed E-state index contributed by atoms with van der Waals surface area (Å²) in [6.45, 7) is 2.59. The molecule has 0 aliphatic carbocycles. The van der Waals surface area contributed by atoms with Crippen LogP contribution < -0.4 is 9.64 Å². The number of thioether (sulfide) groups is 1. The van der Waals surface area contributed by atoms with E-state index >= 15 is 0 Å². The number of H-pyrrole nitrogens is 1. The monoisotopic (exact) mass is 443 g/mol. The lowest BCUT2D eigenvalue weighted by atomic mass is 10.2. The Morgan fingerprint density at radius 2 is 1.90 bits per heavy atom. The van der Waals surface area contributed by atoms with Gasteiger partial charge < -0.3 is 19.5 Å². The van der Waals surface area contributed by atoms with E-state index in [0.29, 0.717) is 37.0 Å². The number of anilines is 1. The highest BCUT2D eigenvalue weighted by atomic mass is 35.5. The van der Waals surface area contributed by atoms with Gasteiger partial charge in [0.1, 0.15) is 11.6 Å². The van der Waals surface area contributed by atoms with Gasteiger partial charge in [-0.1, -0.05) is 35.5 Å². The number of aromatic nitrogens is 3. The number of aryl methyl sites for hydroxylation is 1. The van der Waals surface area contributed by atoms with Crippen molar-refractivity contribution in [3.8, 4) is 5.75 Å². The largest absolute Gasteiger partial charge is 0.415 e. The Kier molecular flexibility index (Phi) is 6.76. The van der Waals surface area contributed by atoms with Crippen LogP contribution in [0.5, 0.6) is 5.75 Å². The fourth-order valence-corrected chi connectivity index (χ4v) is 4.09. The topological polar surface area (TPSA) is 74.3 Å². The van der Waals surface area contributed by atoms with Gasteiger partial charge in [0, 0.05) is 50.5 Å². The first-order chi connectivity index (χ1) is 14.7. The predicted octanol–water partition coefficient (Wildman–Crippen LogP) is 4.11. The van der Waals surface area contributed by atoms with Crippen molar-refractivity contribution in [2.75, 3.05) is 36.8 Å². The minimum Gasteiger partial charge on any atom is -0.410 e. The lowest BCUT2D eigenvalue weighted by Crippen LogP contribution is -2.49. The van der Waals surface area contributed by atoms with Crippen molar-refractivity contribution in [1.82, 2.24) is 19.9 Å². The zero-order valence-electron chi connectivity index (χ0n) is 16.3. The van der Waals surface area contributed by atoms with E-state index in [2.05, 4.69) is 19.9 Å². The molecule has 1 amide bonds. The molecule has 7 nitrogen and oxygen atoms in total. The fraction of sp³-hybridized carbons (Fsp3) is 0.286. The highest BCUT2D eigenvalue weighted by Gasteiger charge is 2.23. The second kappa shape index (κ2) is 9.86. The minimum absolute atomic E-state index is 0.320. The molecule has 4 rings (SSSR count). The Hall–Kier alpha value is -2.71. The van der Waals surface area contributed by atoms with Gasteiger partial charge in [-0.05, 0) is 36.2 Å². The number of ether oxygens (including phenoxy) is 1. The van der Waals surface area contributed by atoms with Crippen LogP contribution in [0.25, 0.3) is 0 Å². The van der Waals surface area contributed by atoms with Gasteiger partial charge in [0.05, 0.1) is 5.02 Å². The Morgan fingerprint density at radius 3 is 2.57 bits per heavy atom. The molecule has 0 atom stereocenters. The van der Waals surface area contributed by atoms with Crippen LogP contribution in [-0.4, -0.2) is 57.9 Å². The second-order valence-electron chi connectivity index (χ2n) is 6.81. The van der Waals surface area contributed by atoms with Gasteiger partial charge in [0.2, 0.25) is 0 Å². The number of pyridine rings is 1. The zero-order valence-corrected chi connectivity index (χ0v) is 17.9. The van der Waals surface area contributed by atoms with Crippen LogP contribution in [0.1, 0.15) is 5.56 Å². The number of benzene rings is 1. The molecule has 1 N–H and O–H groups in total. The molecule has 0 unspecified atom stereocenters. The normalized spacial score (nSPS) is 14.0. The van der Waals surface area contributed by atoms with E-state index in [0.717, 1.165) is 23.1 Å². The SMILES string of the molecule is O=C(Oc1ccc(CCSc2ncc[nH]2)cc1)N1CCN(c2ccc(Cl)cn2)CC1. The molecule has 1 aliphatic heterocycles. The number of carbonyl (C=O) groups is 1. The number of nitrogens with zero attached hydrogens (tertiary/aromatic N) is 4. The molecule has 0 spiro atoms. The standard InChI is InChI=1S/C21H22ClN5O2S/c22-17-3-6-19(25-15-17)26-10-12-27(13-11-26)21(28)29-18-4-1-16(2-5-18)7-14-30-20-23-8-9-24-20/h1-6,8-9,15H,7,10-14H2,(H,23,24). The number of imidazole rings is 1. The number of piperazine rings is 1. The molecule has 0 bridgehead atoms. The van der Waals surface area contributed by atoms with Crippen LogP contribution in [0.2, 0.25) is 5.02 Å². The van der Waals surface area contributed by atoms with Crippen molar-refractivity contribution in [1.29, 1.82) is 0 Å². The molecular formula is C21H22ClN5O2S. The van der Waals surface area contributed by atoms with Crippen molar-refractivity contribution in [2.24, 2.45) is 0 Å². The third-order valence-corrected chi connectivity index (χ3v) is 5.93. The highest BCUT2D eigenvalue weighted by Crippen LogP contribution is 2.19. The van der Waals surface area contributed by atoms with Crippen LogP contribution in [0.3, 0.4) is 0 Å². The van der Waals surface area contributed by atoms with Crippen molar-refractivity contribution in [3.05, 3.63) is 65.6 Å². The summed E-state index contributed by atoms with van der Waals surface area (Å²) >= 11 is 7.57. The number of hydrogen-bond donors (Lipinski definition) is 1.